The summed E-state index contributed by atoms with van der Waals surface area (Å²) in [6, 6.07) is 4.81. The Balaban J connectivity index is 2.59. The van der Waals surface area contributed by atoms with Crippen LogP contribution in [0.4, 0.5) is 5.82 Å². The van der Waals surface area contributed by atoms with Crippen LogP contribution in [-0.2, 0) is 0 Å². The molecular formula is C11H11N3O2. The summed E-state index contributed by atoms with van der Waals surface area (Å²) in [5.41, 5.74) is 0.861. The molecule has 0 aliphatic heterocycles. The molecule has 1 heterocycles. The largest absolute Gasteiger partial charge is 0.478 e. The summed E-state index contributed by atoms with van der Waals surface area (Å²) in [4.78, 5) is 19.0. The highest BCUT2D eigenvalue weighted by atomic mass is 16.4. The number of aromatic nitrogens is 2. The first-order chi connectivity index (χ1) is 7.72. The Hall–Kier alpha value is -2.17. The Morgan fingerprint density at radius 2 is 2.25 bits per heavy atom. The van der Waals surface area contributed by atoms with Gasteiger partial charge in [0, 0.05) is 11.9 Å². The lowest BCUT2D eigenvalue weighted by molar-refractivity contribution is 0.0697. The number of fused-ring (bicyclic) bond motifs is 1. The first kappa shape index (κ1) is 10.4. The van der Waals surface area contributed by atoms with Crippen molar-refractivity contribution < 1.29 is 9.90 Å². The molecular weight excluding hydrogens is 206 g/mol. The fourth-order valence-electron chi connectivity index (χ4n) is 1.50. The summed E-state index contributed by atoms with van der Waals surface area (Å²) in [6.07, 6.45) is 1.42. The van der Waals surface area contributed by atoms with Crippen molar-refractivity contribution >= 4 is 22.7 Å². The molecule has 1 aromatic heterocycles. The average Bonchev–Trinajstić information content (AvgIpc) is 2.29. The van der Waals surface area contributed by atoms with Crippen molar-refractivity contribution in [3.05, 3.63) is 30.1 Å². The number of aromatic carboxylic acids is 1. The molecule has 0 spiro atoms. The van der Waals surface area contributed by atoms with Crippen molar-refractivity contribution in [1.29, 1.82) is 0 Å². The maximum absolute atomic E-state index is 10.8. The van der Waals surface area contributed by atoms with E-state index >= 15 is 0 Å². The Morgan fingerprint density at radius 3 is 2.94 bits per heavy atom. The average molecular weight is 217 g/mol. The number of anilines is 1. The second kappa shape index (κ2) is 4.14. The summed E-state index contributed by atoms with van der Waals surface area (Å²) < 4.78 is 0. The number of carboxylic acid groups (broad SMARTS) is 1. The van der Waals surface area contributed by atoms with Gasteiger partial charge < -0.3 is 10.4 Å². The van der Waals surface area contributed by atoms with Crippen LogP contribution in [0.5, 0.6) is 0 Å². The highest BCUT2D eigenvalue weighted by molar-refractivity contribution is 5.96. The second-order valence-electron chi connectivity index (χ2n) is 3.29. The van der Waals surface area contributed by atoms with Gasteiger partial charge in [-0.05, 0) is 25.1 Å². The molecule has 0 radical (unpaired) electrons. The van der Waals surface area contributed by atoms with Crippen LogP contribution in [0.15, 0.2) is 24.5 Å². The molecule has 0 atom stereocenters. The normalized spacial score (nSPS) is 10.3. The zero-order valence-electron chi connectivity index (χ0n) is 8.77. The Kier molecular flexibility index (Phi) is 2.68. The molecule has 0 bridgehead atoms. The van der Waals surface area contributed by atoms with E-state index in [1.165, 1.54) is 6.33 Å². The van der Waals surface area contributed by atoms with Gasteiger partial charge in [-0.25, -0.2) is 14.8 Å². The second-order valence-corrected chi connectivity index (χ2v) is 3.29. The van der Waals surface area contributed by atoms with Gasteiger partial charge in [-0.2, -0.15) is 0 Å². The number of nitrogens with zero attached hydrogens (tertiary/aromatic N) is 2. The fraction of sp³-hybridized carbons (Fsp3) is 0.182. The quantitative estimate of drug-likeness (QED) is 0.819. The van der Waals surface area contributed by atoms with Gasteiger partial charge in [0.05, 0.1) is 11.1 Å². The van der Waals surface area contributed by atoms with E-state index in [0.29, 0.717) is 5.52 Å². The molecule has 0 fully saturated rings. The number of rotatable bonds is 3. The molecule has 2 N–H and O–H groups in total. The van der Waals surface area contributed by atoms with E-state index in [1.807, 2.05) is 6.92 Å². The lowest BCUT2D eigenvalue weighted by atomic mass is 10.1. The number of carboxylic acids is 1. The van der Waals surface area contributed by atoms with Gasteiger partial charge in [-0.3, -0.25) is 0 Å². The van der Waals surface area contributed by atoms with Crippen molar-refractivity contribution in [3.8, 4) is 0 Å². The van der Waals surface area contributed by atoms with Crippen molar-refractivity contribution in [1.82, 2.24) is 9.97 Å². The molecule has 0 saturated heterocycles. The molecule has 1 aromatic carbocycles. The van der Waals surface area contributed by atoms with Gasteiger partial charge >= 0.3 is 5.97 Å². The van der Waals surface area contributed by atoms with Gasteiger partial charge in [0.2, 0.25) is 0 Å². The maximum atomic E-state index is 10.8. The lowest BCUT2D eigenvalue weighted by Crippen LogP contribution is -2.02. The van der Waals surface area contributed by atoms with Crippen molar-refractivity contribution in [2.75, 3.05) is 11.9 Å². The van der Waals surface area contributed by atoms with Gasteiger partial charge in [0.25, 0.3) is 0 Å². The van der Waals surface area contributed by atoms with E-state index < -0.39 is 5.97 Å². The van der Waals surface area contributed by atoms with Crippen LogP contribution in [-0.4, -0.2) is 27.6 Å². The van der Waals surface area contributed by atoms with Gasteiger partial charge in [0.15, 0.2) is 0 Å². The van der Waals surface area contributed by atoms with E-state index in [0.717, 1.165) is 17.7 Å². The molecule has 0 unspecified atom stereocenters. The third kappa shape index (κ3) is 1.79. The minimum atomic E-state index is -0.953. The van der Waals surface area contributed by atoms with Crippen molar-refractivity contribution in [2.45, 2.75) is 6.92 Å². The number of hydrogen-bond acceptors (Lipinski definition) is 4. The van der Waals surface area contributed by atoms with Crippen molar-refractivity contribution in [2.24, 2.45) is 0 Å². The van der Waals surface area contributed by atoms with E-state index in [1.54, 1.807) is 18.2 Å². The summed E-state index contributed by atoms with van der Waals surface area (Å²) in [5, 5.41) is 12.8. The highest BCUT2D eigenvalue weighted by Crippen LogP contribution is 2.20. The molecule has 5 nitrogen and oxygen atoms in total. The molecule has 82 valence electrons. The molecule has 0 saturated carbocycles. The van der Waals surface area contributed by atoms with E-state index in [-0.39, 0.29) is 5.56 Å². The van der Waals surface area contributed by atoms with E-state index in [9.17, 15) is 4.79 Å². The molecule has 2 aromatic rings. The minimum absolute atomic E-state index is 0.230. The minimum Gasteiger partial charge on any atom is -0.478 e. The Morgan fingerprint density at radius 1 is 1.44 bits per heavy atom. The lowest BCUT2D eigenvalue weighted by Gasteiger charge is -2.06. The predicted octanol–water partition coefficient (Wildman–Crippen LogP) is 1.76. The topological polar surface area (TPSA) is 75.1 Å². The summed E-state index contributed by atoms with van der Waals surface area (Å²) >= 11 is 0. The summed E-state index contributed by atoms with van der Waals surface area (Å²) in [6.45, 7) is 2.73. The Labute approximate surface area is 92.2 Å². The monoisotopic (exact) mass is 217 g/mol. The molecule has 2 rings (SSSR count). The van der Waals surface area contributed by atoms with E-state index in [2.05, 4.69) is 15.3 Å². The molecule has 0 aliphatic carbocycles. The summed E-state index contributed by atoms with van der Waals surface area (Å²) in [5.74, 6) is -0.227. The highest BCUT2D eigenvalue weighted by Gasteiger charge is 2.07. The number of hydrogen-bond donors (Lipinski definition) is 2. The molecule has 5 heteroatoms. The van der Waals surface area contributed by atoms with E-state index in [4.69, 9.17) is 5.11 Å². The first-order valence-corrected chi connectivity index (χ1v) is 4.94. The maximum Gasteiger partial charge on any atom is 0.335 e. The van der Waals surface area contributed by atoms with Gasteiger partial charge in [0.1, 0.15) is 12.1 Å². The van der Waals surface area contributed by atoms with Crippen LogP contribution in [0.2, 0.25) is 0 Å². The Bertz CT molecular complexity index is 540. The van der Waals surface area contributed by atoms with Crippen LogP contribution >= 0.6 is 0 Å². The van der Waals surface area contributed by atoms with Crippen LogP contribution in [0.3, 0.4) is 0 Å². The molecule has 0 amide bonds. The zero-order valence-corrected chi connectivity index (χ0v) is 8.77. The predicted molar refractivity (Wildman–Crippen MR) is 60.7 cm³/mol. The van der Waals surface area contributed by atoms with Crippen LogP contribution in [0.25, 0.3) is 10.9 Å². The van der Waals surface area contributed by atoms with Crippen LogP contribution in [0.1, 0.15) is 17.3 Å². The smallest absolute Gasteiger partial charge is 0.335 e. The summed E-state index contributed by atoms with van der Waals surface area (Å²) in [7, 11) is 0. The van der Waals surface area contributed by atoms with Gasteiger partial charge in [-0.15, -0.1) is 0 Å². The third-order valence-corrected chi connectivity index (χ3v) is 2.23. The number of nitrogens with one attached hydrogen (secondary N) is 1. The first-order valence-electron chi connectivity index (χ1n) is 4.94. The zero-order chi connectivity index (χ0) is 11.5. The molecule has 0 aliphatic rings. The van der Waals surface area contributed by atoms with Crippen molar-refractivity contribution in [3.63, 3.8) is 0 Å². The number of carbonyl (C=O) groups is 1. The SMILES string of the molecule is CCNc1ncnc2cc(C(=O)O)ccc12. The number of benzene rings is 1. The van der Waals surface area contributed by atoms with Crippen LogP contribution in [0, 0.1) is 0 Å². The van der Waals surface area contributed by atoms with Gasteiger partial charge in [-0.1, -0.05) is 0 Å². The third-order valence-electron chi connectivity index (χ3n) is 2.23. The van der Waals surface area contributed by atoms with Crippen LogP contribution < -0.4 is 5.32 Å². The molecule has 16 heavy (non-hydrogen) atoms. The fourth-order valence-corrected chi connectivity index (χ4v) is 1.50. The standard InChI is InChI=1S/C11H11N3O2/c1-2-12-10-8-4-3-7(11(15)16)5-9(8)13-6-14-10/h3-6H,2H2,1H3,(H,15,16)(H,12,13,14).